The van der Waals surface area contributed by atoms with Crippen LogP contribution in [-0.2, 0) is 16.1 Å². The van der Waals surface area contributed by atoms with Crippen molar-refractivity contribution in [2.75, 3.05) is 12.4 Å². The Kier molecular flexibility index (Phi) is 5.60. The average Bonchev–Trinajstić information content (AvgIpc) is 2.57. The van der Waals surface area contributed by atoms with Crippen LogP contribution in [0.15, 0.2) is 42.5 Å². The summed E-state index contributed by atoms with van der Waals surface area (Å²) >= 11 is 5.98. The third-order valence-electron chi connectivity index (χ3n) is 3.31. The highest BCUT2D eigenvalue weighted by Crippen LogP contribution is 2.22. The molecule has 2 aromatic carbocycles. The number of nitrogens with one attached hydrogen (secondary N) is 2. The van der Waals surface area contributed by atoms with Crippen LogP contribution in [0.5, 0.6) is 5.75 Å². The van der Waals surface area contributed by atoms with Gasteiger partial charge in [0.15, 0.2) is 0 Å². The van der Waals surface area contributed by atoms with Gasteiger partial charge in [0, 0.05) is 17.3 Å². The maximum atomic E-state index is 11.9. The molecule has 2 N–H and O–H groups in total. The number of halogens is 1. The molecule has 0 atom stereocenters. The molecule has 0 heterocycles. The van der Waals surface area contributed by atoms with Gasteiger partial charge in [-0.25, -0.2) is 0 Å². The van der Waals surface area contributed by atoms with Gasteiger partial charge in [0.2, 0.25) is 0 Å². The maximum absolute atomic E-state index is 11.9. The molecular formula is C17H17ClN2O3. The largest absolute Gasteiger partial charge is 0.497 e. The number of hydrogen-bond donors (Lipinski definition) is 2. The summed E-state index contributed by atoms with van der Waals surface area (Å²) < 4.78 is 5.11. The Bertz CT molecular complexity index is 732. The topological polar surface area (TPSA) is 67.4 Å². The van der Waals surface area contributed by atoms with Crippen LogP contribution in [0.25, 0.3) is 0 Å². The molecule has 0 aliphatic carbocycles. The Morgan fingerprint density at radius 3 is 2.61 bits per heavy atom. The number of carbonyl (C=O) groups excluding carboxylic acids is 2. The van der Waals surface area contributed by atoms with Crippen molar-refractivity contribution in [2.45, 2.75) is 13.5 Å². The smallest absolute Gasteiger partial charge is 0.313 e. The minimum Gasteiger partial charge on any atom is -0.497 e. The zero-order valence-corrected chi connectivity index (χ0v) is 13.6. The van der Waals surface area contributed by atoms with Gasteiger partial charge in [-0.2, -0.15) is 0 Å². The standard InChI is InChI=1S/C17H17ClN2O3/c1-11-14(18)7-4-8-15(11)20-17(22)16(21)19-10-12-5-3-6-13(9-12)23-2/h3-9H,10H2,1-2H3,(H,19,21)(H,20,22). The van der Waals surface area contributed by atoms with Crippen molar-refractivity contribution < 1.29 is 14.3 Å². The van der Waals surface area contributed by atoms with Crippen molar-refractivity contribution in [1.29, 1.82) is 0 Å². The third kappa shape index (κ3) is 4.47. The number of methoxy groups -OCH3 is 1. The van der Waals surface area contributed by atoms with Gasteiger partial charge in [-0.3, -0.25) is 9.59 Å². The van der Waals surface area contributed by atoms with Crippen LogP contribution in [0, 0.1) is 6.92 Å². The van der Waals surface area contributed by atoms with E-state index < -0.39 is 11.8 Å². The van der Waals surface area contributed by atoms with E-state index in [0.717, 1.165) is 5.56 Å². The number of amides is 2. The molecule has 2 rings (SSSR count). The molecule has 2 amide bonds. The molecule has 120 valence electrons. The van der Waals surface area contributed by atoms with E-state index in [1.165, 1.54) is 0 Å². The SMILES string of the molecule is COc1cccc(CNC(=O)C(=O)Nc2cccc(Cl)c2C)c1. The zero-order chi connectivity index (χ0) is 16.8. The second kappa shape index (κ2) is 7.65. The van der Waals surface area contributed by atoms with E-state index >= 15 is 0 Å². The summed E-state index contributed by atoms with van der Waals surface area (Å²) in [6.45, 7) is 2.00. The molecule has 0 saturated carbocycles. The second-order valence-corrected chi connectivity index (χ2v) is 5.31. The summed E-state index contributed by atoms with van der Waals surface area (Å²) in [5, 5.41) is 5.64. The van der Waals surface area contributed by atoms with Crippen LogP contribution >= 0.6 is 11.6 Å². The number of carbonyl (C=O) groups is 2. The van der Waals surface area contributed by atoms with Crippen molar-refractivity contribution in [3.8, 4) is 5.75 Å². The van der Waals surface area contributed by atoms with Crippen LogP contribution in [0.2, 0.25) is 5.02 Å². The van der Waals surface area contributed by atoms with Gasteiger partial charge in [-0.1, -0.05) is 29.8 Å². The Labute approximate surface area is 139 Å². The number of hydrogen-bond acceptors (Lipinski definition) is 3. The molecule has 0 radical (unpaired) electrons. The summed E-state index contributed by atoms with van der Waals surface area (Å²) in [6.07, 6.45) is 0. The van der Waals surface area contributed by atoms with Crippen molar-refractivity contribution >= 4 is 29.1 Å². The number of anilines is 1. The lowest BCUT2D eigenvalue weighted by Gasteiger charge is -2.10. The van der Waals surface area contributed by atoms with Crippen LogP contribution in [0.4, 0.5) is 5.69 Å². The summed E-state index contributed by atoms with van der Waals surface area (Å²) in [4.78, 5) is 23.8. The van der Waals surface area contributed by atoms with E-state index in [4.69, 9.17) is 16.3 Å². The minimum absolute atomic E-state index is 0.234. The summed E-state index contributed by atoms with van der Waals surface area (Å²) in [7, 11) is 1.57. The van der Waals surface area contributed by atoms with E-state index in [2.05, 4.69) is 10.6 Å². The molecule has 5 nitrogen and oxygen atoms in total. The molecule has 2 aromatic rings. The molecule has 6 heteroatoms. The number of rotatable bonds is 4. The fourth-order valence-electron chi connectivity index (χ4n) is 1.97. The first-order valence-corrected chi connectivity index (χ1v) is 7.36. The van der Waals surface area contributed by atoms with Gasteiger partial charge in [-0.05, 0) is 42.3 Å². The quantitative estimate of drug-likeness (QED) is 0.846. The highest BCUT2D eigenvalue weighted by atomic mass is 35.5. The molecule has 0 unspecified atom stereocenters. The van der Waals surface area contributed by atoms with Gasteiger partial charge in [0.1, 0.15) is 5.75 Å². The van der Waals surface area contributed by atoms with Gasteiger partial charge in [-0.15, -0.1) is 0 Å². The van der Waals surface area contributed by atoms with Crippen molar-refractivity contribution in [1.82, 2.24) is 5.32 Å². The fraction of sp³-hybridized carbons (Fsp3) is 0.176. The molecule has 0 spiro atoms. The lowest BCUT2D eigenvalue weighted by atomic mass is 10.2. The Balaban J connectivity index is 1.95. The summed E-state index contributed by atoms with van der Waals surface area (Å²) in [6, 6.07) is 12.4. The Morgan fingerprint density at radius 1 is 1.13 bits per heavy atom. The van der Waals surface area contributed by atoms with Crippen molar-refractivity contribution in [2.24, 2.45) is 0 Å². The number of benzene rings is 2. The van der Waals surface area contributed by atoms with Crippen LogP contribution in [0.1, 0.15) is 11.1 Å². The molecule has 0 bridgehead atoms. The first-order chi connectivity index (χ1) is 11.0. The normalized spacial score (nSPS) is 10.0. The first kappa shape index (κ1) is 16.8. The summed E-state index contributed by atoms with van der Waals surface area (Å²) in [5.74, 6) is -0.763. The van der Waals surface area contributed by atoms with E-state index in [0.29, 0.717) is 22.0 Å². The monoisotopic (exact) mass is 332 g/mol. The molecule has 23 heavy (non-hydrogen) atoms. The highest BCUT2D eigenvalue weighted by Gasteiger charge is 2.15. The predicted octanol–water partition coefficient (Wildman–Crippen LogP) is 2.91. The van der Waals surface area contributed by atoms with Gasteiger partial charge in [0.05, 0.1) is 7.11 Å². The van der Waals surface area contributed by atoms with Crippen LogP contribution in [-0.4, -0.2) is 18.9 Å². The van der Waals surface area contributed by atoms with E-state index in [-0.39, 0.29) is 6.54 Å². The second-order valence-electron chi connectivity index (χ2n) is 4.90. The minimum atomic E-state index is -0.738. The lowest BCUT2D eigenvalue weighted by Crippen LogP contribution is -2.35. The lowest BCUT2D eigenvalue weighted by molar-refractivity contribution is -0.136. The molecular weight excluding hydrogens is 316 g/mol. The Hall–Kier alpha value is -2.53. The predicted molar refractivity (Wildman–Crippen MR) is 89.7 cm³/mol. The van der Waals surface area contributed by atoms with Gasteiger partial charge >= 0.3 is 11.8 Å². The summed E-state index contributed by atoms with van der Waals surface area (Å²) in [5.41, 5.74) is 2.06. The highest BCUT2D eigenvalue weighted by molar-refractivity contribution is 6.40. The molecule has 0 aliphatic heterocycles. The molecule has 0 aromatic heterocycles. The first-order valence-electron chi connectivity index (χ1n) is 6.98. The Morgan fingerprint density at radius 2 is 1.87 bits per heavy atom. The van der Waals surface area contributed by atoms with Crippen LogP contribution < -0.4 is 15.4 Å². The average molecular weight is 333 g/mol. The fourth-order valence-corrected chi connectivity index (χ4v) is 2.14. The van der Waals surface area contributed by atoms with E-state index in [9.17, 15) is 9.59 Å². The van der Waals surface area contributed by atoms with Crippen molar-refractivity contribution in [3.05, 3.63) is 58.6 Å². The van der Waals surface area contributed by atoms with Gasteiger partial charge in [0.25, 0.3) is 0 Å². The maximum Gasteiger partial charge on any atom is 0.313 e. The number of ether oxygens (including phenoxy) is 1. The van der Waals surface area contributed by atoms with E-state index in [1.807, 2.05) is 12.1 Å². The van der Waals surface area contributed by atoms with Crippen LogP contribution in [0.3, 0.4) is 0 Å². The molecule has 0 saturated heterocycles. The van der Waals surface area contributed by atoms with Gasteiger partial charge < -0.3 is 15.4 Å². The van der Waals surface area contributed by atoms with E-state index in [1.54, 1.807) is 44.4 Å². The third-order valence-corrected chi connectivity index (χ3v) is 3.72. The van der Waals surface area contributed by atoms with Crippen molar-refractivity contribution in [3.63, 3.8) is 0 Å². The molecule has 0 fully saturated rings. The molecule has 0 aliphatic rings. The zero-order valence-electron chi connectivity index (χ0n) is 12.9.